The molecular weight excluding hydrogens is 355 g/mol. The largest absolute Gasteiger partial charge is 0.462 e. The fourth-order valence-electron chi connectivity index (χ4n) is 2.47. The number of nitrogens with one attached hydrogen (secondary N) is 2. The second-order valence-corrected chi connectivity index (χ2v) is 5.41. The third-order valence-electron chi connectivity index (χ3n) is 3.60. The molecule has 0 aromatic carbocycles. The molecule has 1 aliphatic rings. The molecule has 0 spiro atoms. The van der Waals surface area contributed by atoms with Gasteiger partial charge >= 0.3 is 12.1 Å². The van der Waals surface area contributed by atoms with Crippen LogP contribution in [0.25, 0.3) is 11.1 Å². The highest BCUT2D eigenvalue weighted by molar-refractivity contribution is 5.91. The number of allylic oxidation sites excluding steroid dienone is 2. The van der Waals surface area contributed by atoms with Crippen molar-refractivity contribution in [2.75, 3.05) is 6.61 Å². The first-order chi connectivity index (χ1) is 12.2. The van der Waals surface area contributed by atoms with E-state index in [0.29, 0.717) is 0 Å². The third kappa shape index (κ3) is 3.20. The number of carbonyl (C=O) groups is 1. The van der Waals surface area contributed by atoms with Crippen molar-refractivity contribution in [2.24, 2.45) is 5.73 Å². The number of ether oxygens (including phenoxy) is 1. The first-order valence-electron chi connectivity index (χ1n) is 7.52. The van der Waals surface area contributed by atoms with Gasteiger partial charge in [0, 0.05) is 18.0 Å². The quantitative estimate of drug-likeness (QED) is 0.693. The molecule has 0 radical (unpaired) electrons. The minimum absolute atomic E-state index is 0.00425. The molecule has 0 saturated carbocycles. The Bertz CT molecular complexity index is 987. The molecule has 8 nitrogen and oxygen atoms in total. The lowest BCUT2D eigenvalue weighted by atomic mass is 10.0. The van der Waals surface area contributed by atoms with E-state index < -0.39 is 29.4 Å². The van der Waals surface area contributed by atoms with Crippen molar-refractivity contribution in [3.05, 3.63) is 51.9 Å². The van der Waals surface area contributed by atoms with Crippen molar-refractivity contribution in [2.45, 2.75) is 19.3 Å². The first kappa shape index (κ1) is 17.7. The number of alkyl halides is 3. The zero-order valence-electron chi connectivity index (χ0n) is 13.4. The number of aromatic nitrogens is 3. The Balaban J connectivity index is 2.10. The second kappa shape index (κ2) is 6.33. The molecule has 1 unspecified atom stereocenters. The lowest BCUT2D eigenvalue weighted by Crippen LogP contribution is -2.37. The van der Waals surface area contributed by atoms with Gasteiger partial charge in [-0.1, -0.05) is 0 Å². The lowest BCUT2D eigenvalue weighted by Gasteiger charge is -2.22. The number of halogens is 3. The molecule has 0 aliphatic carbocycles. The molecular formula is C15H14F3N5O3. The summed E-state index contributed by atoms with van der Waals surface area (Å²) in [6, 6.07) is 1.25. The lowest BCUT2D eigenvalue weighted by molar-refractivity contribution is -0.0877. The molecule has 0 amide bonds. The maximum atomic E-state index is 13.3. The molecule has 3 heterocycles. The number of dihydropyridines is 1. The summed E-state index contributed by atoms with van der Waals surface area (Å²) >= 11 is 0. The van der Waals surface area contributed by atoms with Crippen LogP contribution >= 0.6 is 0 Å². The van der Waals surface area contributed by atoms with Crippen LogP contribution in [-0.4, -0.2) is 39.5 Å². The van der Waals surface area contributed by atoms with Gasteiger partial charge in [0.15, 0.2) is 5.82 Å². The van der Waals surface area contributed by atoms with Crippen molar-refractivity contribution >= 4 is 17.1 Å². The van der Waals surface area contributed by atoms with Gasteiger partial charge in [-0.15, -0.1) is 5.10 Å². The Morgan fingerprint density at radius 1 is 1.46 bits per heavy atom. The monoisotopic (exact) mass is 369 g/mol. The number of rotatable bonds is 3. The fraction of sp³-hybridized carbons (Fsp3) is 0.267. The van der Waals surface area contributed by atoms with E-state index in [2.05, 4.69) is 15.4 Å². The zero-order chi connectivity index (χ0) is 19.1. The number of H-pyrrole nitrogens is 1. The van der Waals surface area contributed by atoms with Gasteiger partial charge in [-0.25, -0.2) is 9.31 Å². The van der Waals surface area contributed by atoms with Gasteiger partial charge in [0.25, 0.3) is 5.56 Å². The van der Waals surface area contributed by atoms with E-state index in [1.165, 1.54) is 12.3 Å². The molecule has 3 rings (SSSR count). The molecule has 138 valence electrons. The normalized spacial score (nSPS) is 17.5. The fourth-order valence-corrected chi connectivity index (χ4v) is 2.47. The first-order valence-corrected chi connectivity index (χ1v) is 7.52. The highest BCUT2D eigenvalue weighted by Gasteiger charge is 2.39. The molecule has 4 N–H and O–H groups in total. The molecule has 1 atom stereocenters. The number of esters is 1. The molecule has 1 aliphatic heterocycles. The Morgan fingerprint density at radius 2 is 2.19 bits per heavy atom. The minimum atomic E-state index is -4.69. The van der Waals surface area contributed by atoms with Crippen LogP contribution in [0.1, 0.15) is 23.1 Å². The number of fused-ring (bicyclic) bond motifs is 1. The minimum Gasteiger partial charge on any atom is -0.462 e. The molecule has 2 aromatic rings. The molecule has 11 heteroatoms. The number of hydrogen-bond donors (Lipinski definition) is 3. The van der Waals surface area contributed by atoms with E-state index in [-0.39, 0.29) is 29.1 Å². The zero-order valence-corrected chi connectivity index (χ0v) is 13.4. The van der Waals surface area contributed by atoms with Gasteiger partial charge < -0.3 is 20.8 Å². The summed E-state index contributed by atoms with van der Waals surface area (Å²) in [6.45, 7) is 1.76. The summed E-state index contributed by atoms with van der Waals surface area (Å²) in [7, 11) is 0. The van der Waals surface area contributed by atoms with Crippen LogP contribution in [0.15, 0.2) is 34.9 Å². The van der Waals surface area contributed by atoms with Crippen LogP contribution in [0.5, 0.6) is 0 Å². The Labute approximate surface area is 144 Å². The van der Waals surface area contributed by atoms with Crippen molar-refractivity contribution in [3.63, 3.8) is 0 Å². The predicted octanol–water partition coefficient (Wildman–Crippen LogP) is 0.917. The predicted molar refractivity (Wildman–Crippen MR) is 85.0 cm³/mol. The standard InChI is InChI=1S/C15H14F3N5O3/c1-2-26-14(25)7-3-10-13(24)21-12(22-23(10)6-7)8-5-20-11(19)4-9(8)15(16,17)18/h3-6,11,20H,2,19H2,1H3,(H,21,22,24). The van der Waals surface area contributed by atoms with Crippen LogP contribution in [0, 0.1) is 0 Å². The molecule has 26 heavy (non-hydrogen) atoms. The Morgan fingerprint density at radius 3 is 2.85 bits per heavy atom. The Kier molecular flexibility index (Phi) is 4.32. The van der Waals surface area contributed by atoms with Gasteiger partial charge in [0.05, 0.1) is 23.9 Å². The van der Waals surface area contributed by atoms with E-state index >= 15 is 0 Å². The molecule has 2 aromatic heterocycles. The van der Waals surface area contributed by atoms with E-state index in [9.17, 15) is 22.8 Å². The van der Waals surface area contributed by atoms with Crippen LogP contribution in [-0.2, 0) is 4.74 Å². The van der Waals surface area contributed by atoms with E-state index in [0.717, 1.165) is 16.8 Å². The van der Waals surface area contributed by atoms with Crippen molar-refractivity contribution in [1.82, 2.24) is 19.9 Å². The number of hydrogen-bond acceptors (Lipinski definition) is 6. The van der Waals surface area contributed by atoms with Crippen LogP contribution in [0.4, 0.5) is 13.2 Å². The summed E-state index contributed by atoms with van der Waals surface area (Å²) in [5.74, 6) is -0.990. The van der Waals surface area contributed by atoms with Gasteiger partial charge in [-0.3, -0.25) is 4.79 Å². The maximum absolute atomic E-state index is 13.3. The highest BCUT2D eigenvalue weighted by atomic mass is 19.4. The number of nitrogens with two attached hydrogens (primary N) is 1. The summed E-state index contributed by atoms with van der Waals surface area (Å²) in [5.41, 5.74) is 3.42. The summed E-state index contributed by atoms with van der Waals surface area (Å²) < 4.78 is 45.7. The third-order valence-corrected chi connectivity index (χ3v) is 3.60. The van der Waals surface area contributed by atoms with Gasteiger partial charge in [-0.05, 0) is 19.1 Å². The number of carbonyl (C=O) groups excluding carboxylic acids is 1. The van der Waals surface area contributed by atoms with Crippen LogP contribution in [0.2, 0.25) is 0 Å². The maximum Gasteiger partial charge on any atom is 0.416 e. The summed E-state index contributed by atoms with van der Waals surface area (Å²) in [6.07, 6.45) is -2.67. The van der Waals surface area contributed by atoms with E-state index in [1.54, 1.807) is 6.92 Å². The SMILES string of the molecule is CCOC(=O)c1cc2c(=O)[nH]c(C3=CNC(N)C=C3C(F)(F)F)nn2c1. The van der Waals surface area contributed by atoms with E-state index in [4.69, 9.17) is 10.5 Å². The second-order valence-electron chi connectivity index (χ2n) is 5.41. The average molecular weight is 369 g/mol. The molecule has 0 fully saturated rings. The van der Waals surface area contributed by atoms with Gasteiger partial charge in [-0.2, -0.15) is 13.2 Å². The van der Waals surface area contributed by atoms with Crippen molar-refractivity contribution in [1.29, 1.82) is 0 Å². The van der Waals surface area contributed by atoms with Crippen molar-refractivity contribution < 1.29 is 22.7 Å². The topological polar surface area (TPSA) is 115 Å². The van der Waals surface area contributed by atoms with Gasteiger partial charge in [0.2, 0.25) is 0 Å². The summed E-state index contributed by atoms with van der Waals surface area (Å²) in [5, 5.41) is 6.51. The highest BCUT2D eigenvalue weighted by Crippen LogP contribution is 2.36. The molecule has 0 saturated heterocycles. The Hall–Kier alpha value is -3.08. The number of aromatic amines is 1. The molecule has 0 bridgehead atoms. The number of nitrogens with zero attached hydrogens (tertiary/aromatic N) is 2. The summed E-state index contributed by atoms with van der Waals surface area (Å²) in [4.78, 5) is 26.3. The van der Waals surface area contributed by atoms with Crippen LogP contribution in [0.3, 0.4) is 0 Å². The average Bonchev–Trinajstić information content (AvgIpc) is 2.99. The smallest absolute Gasteiger partial charge is 0.416 e. The van der Waals surface area contributed by atoms with Crippen LogP contribution < -0.4 is 16.6 Å². The van der Waals surface area contributed by atoms with Gasteiger partial charge in [0.1, 0.15) is 5.52 Å². The van der Waals surface area contributed by atoms with E-state index in [1.807, 2.05) is 0 Å². The van der Waals surface area contributed by atoms with Crippen molar-refractivity contribution in [3.8, 4) is 0 Å².